The predicted octanol–water partition coefficient (Wildman–Crippen LogP) is 0.817. The van der Waals surface area contributed by atoms with E-state index in [0.717, 1.165) is 19.5 Å². The molecular weight excluding hydrogens is 232 g/mol. The van der Waals surface area contributed by atoms with Gasteiger partial charge in [0, 0.05) is 12.6 Å². The molecule has 1 atom stereocenters. The fourth-order valence-electron chi connectivity index (χ4n) is 1.97. The molecule has 2 rings (SSSR count). The smallest absolute Gasteiger partial charge is 0.358 e. The Bertz CT molecular complexity index is 386. The van der Waals surface area contributed by atoms with Crippen molar-refractivity contribution < 1.29 is 9.53 Å². The van der Waals surface area contributed by atoms with E-state index in [2.05, 4.69) is 25.6 Å². The van der Waals surface area contributed by atoms with Crippen LogP contribution in [0.1, 0.15) is 29.8 Å². The Hall–Kier alpha value is -1.69. The molecule has 0 radical (unpaired) electrons. The van der Waals surface area contributed by atoms with Gasteiger partial charge in [-0.1, -0.05) is 6.42 Å². The molecule has 0 bridgehead atoms. The van der Waals surface area contributed by atoms with Crippen LogP contribution in [-0.4, -0.2) is 42.4 Å². The topological polar surface area (TPSA) is 76.1 Å². The first-order chi connectivity index (χ1) is 8.79. The molecule has 1 aliphatic rings. The van der Waals surface area contributed by atoms with E-state index in [1.807, 2.05) is 0 Å². The Labute approximate surface area is 106 Å². The van der Waals surface area contributed by atoms with Crippen molar-refractivity contribution in [2.45, 2.75) is 25.3 Å². The summed E-state index contributed by atoms with van der Waals surface area (Å²) in [7, 11) is 1.33. The van der Waals surface area contributed by atoms with Gasteiger partial charge < -0.3 is 15.4 Å². The van der Waals surface area contributed by atoms with Gasteiger partial charge in [-0.2, -0.15) is 0 Å². The van der Waals surface area contributed by atoms with Gasteiger partial charge in [0.05, 0.1) is 7.11 Å². The lowest BCUT2D eigenvalue weighted by Gasteiger charge is -2.16. The van der Waals surface area contributed by atoms with E-state index in [1.165, 1.54) is 20.0 Å². The van der Waals surface area contributed by atoms with E-state index < -0.39 is 5.97 Å². The van der Waals surface area contributed by atoms with Gasteiger partial charge in [0.2, 0.25) is 0 Å². The summed E-state index contributed by atoms with van der Waals surface area (Å²) in [5, 5.41) is 14.5. The zero-order valence-corrected chi connectivity index (χ0v) is 10.5. The molecule has 1 fully saturated rings. The van der Waals surface area contributed by atoms with Crippen LogP contribution in [0.2, 0.25) is 0 Å². The van der Waals surface area contributed by atoms with Gasteiger partial charge in [-0.25, -0.2) is 4.79 Å². The largest absolute Gasteiger partial charge is 0.464 e. The Kier molecular flexibility index (Phi) is 4.46. The first-order valence-corrected chi connectivity index (χ1v) is 6.19. The monoisotopic (exact) mass is 250 g/mol. The number of nitrogens with zero attached hydrogens (tertiary/aromatic N) is 2. The lowest BCUT2D eigenvalue weighted by atomic mass is 10.1. The summed E-state index contributed by atoms with van der Waals surface area (Å²) in [6, 6.07) is 3.74. The maximum Gasteiger partial charge on any atom is 0.358 e. The maximum absolute atomic E-state index is 11.2. The van der Waals surface area contributed by atoms with Gasteiger partial charge in [-0.3, -0.25) is 0 Å². The quantitative estimate of drug-likeness (QED) is 0.773. The average Bonchev–Trinajstić information content (AvgIpc) is 2.67. The normalized spacial score (nSPS) is 19.9. The number of esters is 1. The van der Waals surface area contributed by atoms with Gasteiger partial charge in [-0.15, -0.1) is 10.2 Å². The standard InChI is InChI=1S/C12H18N4O2/c1-18-12(17)10-5-6-11(16-15-10)14-9-4-2-3-7-13-8-9/h5-6,9,13H,2-4,7-8H2,1H3,(H,14,16). The number of carbonyl (C=O) groups is 1. The molecule has 2 heterocycles. The fraction of sp³-hybridized carbons (Fsp3) is 0.583. The molecule has 1 saturated heterocycles. The van der Waals surface area contributed by atoms with Crippen molar-refractivity contribution in [2.75, 3.05) is 25.5 Å². The van der Waals surface area contributed by atoms with E-state index in [-0.39, 0.29) is 5.69 Å². The highest BCUT2D eigenvalue weighted by Crippen LogP contribution is 2.10. The lowest BCUT2D eigenvalue weighted by molar-refractivity contribution is 0.0593. The van der Waals surface area contributed by atoms with Crippen molar-refractivity contribution in [2.24, 2.45) is 0 Å². The van der Waals surface area contributed by atoms with Crippen LogP contribution in [0, 0.1) is 0 Å². The first kappa shape index (κ1) is 12.8. The molecule has 6 nitrogen and oxygen atoms in total. The van der Waals surface area contributed by atoms with Gasteiger partial charge in [0.25, 0.3) is 0 Å². The molecule has 0 amide bonds. The number of aromatic nitrogens is 2. The summed E-state index contributed by atoms with van der Waals surface area (Å²) in [4.78, 5) is 11.2. The Morgan fingerprint density at radius 1 is 1.44 bits per heavy atom. The summed E-state index contributed by atoms with van der Waals surface area (Å²) >= 11 is 0. The van der Waals surface area contributed by atoms with Crippen LogP contribution < -0.4 is 10.6 Å². The highest BCUT2D eigenvalue weighted by molar-refractivity contribution is 5.86. The zero-order chi connectivity index (χ0) is 12.8. The van der Waals surface area contributed by atoms with E-state index in [0.29, 0.717) is 11.9 Å². The molecule has 6 heteroatoms. The fourth-order valence-corrected chi connectivity index (χ4v) is 1.97. The summed E-state index contributed by atoms with van der Waals surface area (Å²) in [6.07, 6.45) is 3.54. The van der Waals surface area contributed by atoms with Crippen molar-refractivity contribution in [3.8, 4) is 0 Å². The molecule has 98 valence electrons. The molecule has 0 spiro atoms. The Balaban J connectivity index is 1.94. The van der Waals surface area contributed by atoms with Gasteiger partial charge >= 0.3 is 5.97 Å². The minimum absolute atomic E-state index is 0.224. The van der Waals surface area contributed by atoms with Crippen LogP contribution in [0.5, 0.6) is 0 Å². The highest BCUT2D eigenvalue weighted by Gasteiger charge is 2.13. The minimum Gasteiger partial charge on any atom is -0.464 e. The van der Waals surface area contributed by atoms with Crippen LogP contribution in [0.3, 0.4) is 0 Å². The van der Waals surface area contributed by atoms with E-state index >= 15 is 0 Å². The van der Waals surface area contributed by atoms with Crippen LogP contribution >= 0.6 is 0 Å². The molecule has 0 aliphatic carbocycles. The van der Waals surface area contributed by atoms with Crippen molar-refractivity contribution >= 4 is 11.8 Å². The maximum atomic E-state index is 11.2. The summed E-state index contributed by atoms with van der Waals surface area (Å²) in [5.74, 6) is 0.224. The van der Waals surface area contributed by atoms with E-state index in [9.17, 15) is 4.79 Å². The molecule has 1 unspecified atom stereocenters. The second-order valence-electron chi connectivity index (χ2n) is 4.34. The number of carbonyl (C=O) groups excluding carboxylic acids is 1. The lowest BCUT2D eigenvalue weighted by Crippen LogP contribution is -2.31. The van der Waals surface area contributed by atoms with Gasteiger partial charge in [-0.05, 0) is 31.5 Å². The van der Waals surface area contributed by atoms with Crippen LogP contribution in [-0.2, 0) is 4.74 Å². The molecule has 2 N–H and O–H groups in total. The van der Waals surface area contributed by atoms with Gasteiger partial charge in [0.15, 0.2) is 5.69 Å². The van der Waals surface area contributed by atoms with Crippen LogP contribution in [0.25, 0.3) is 0 Å². The van der Waals surface area contributed by atoms with Crippen molar-refractivity contribution in [1.82, 2.24) is 15.5 Å². The third-order valence-electron chi connectivity index (χ3n) is 2.96. The Morgan fingerprint density at radius 3 is 3.06 bits per heavy atom. The van der Waals surface area contributed by atoms with Crippen LogP contribution in [0.15, 0.2) is 12.1 Å². The number of ether oxygens (including phenoxy) is 1. The SMILES string of the molecule is COC(=O)c1ccc(NC2CCCCNC2)nn1. The molecule has 0 saturated carbocycles. The second-order valence-corrected chi connectivity index (χ2v) is 4.34. The van der Waals surface area contributed by atoms with Crippen molar-refractivity contribution in [3.05, 3.63) is 17.8 Å². The summed E-state index contributed by atoms with van der Waals surface area (Å²) in [5.41, 5.74) is 0.224. The third kappa shape index (κ3) is 3.40. The predicted molar refractivity (Wildman–Crippen MR) is 67.5 cm³/mol. The Morgan fingerprint density at radius 2 is 2.33 bits per heavy atom. The number of rotatable bonds is 3. The number of hydrogen-bond donors (Lipinski definition) is 2. The molecular formula is C12H18N4O2. The average molecular weight is 250 g/mol. The summed E-state index contributed by atoms with van der Waals surface area (Å²) < 4.78 is 4.57. The van der Waals surface area contributed by atoms with Crippen molar-refractivity contribution in [1.29, 1.82) is 0 Å². The molecule has 1 aromatic heterocycles. The number of methoxy groups -OCH3 is 1. The van der Waals surface area contributed by atoms with E-state index in [1.54, 1.807) is 12.1 Å². The number of anilines is 1. The van der Waals surface area contributed by atoms with Crippen LogP contribution in [0.4, 0.5) is 5.82 Å². The molecule has 1 aliphatic heterocycles. The molecule has 18 heavy (non-hydrogen) atoms. The molecule has 0 aromatic carbocycles. The van der Waals surface area contributed by atoms with Crippen molar-refractivity contribution in [3.63, 3.8) is 0 Å². The third-order valence-corrected chi connectivity index (χ3v) is 2.96. The van der Waals surface area contributed by atoms with Gasteiger partial charge in [0.1, 0.15) is 5.82 Å². The first-order valence-electron chi connectivity index (χ1n) is 6.19. The van der Waals surface area contributed by atoms with E-state index in [4.69, 9.17) is 0 Å². The highest BCUT2D eigenvalue weighted by atomic mass is 16.5. The number of hydrogen-bond acceptors (Lipinski definition) is 6. The molecule has 1 aromatic rings. The number of nitrogens with one attached hydrogen (secondary N) is 2. The minimum atomic E-state index is -0.467. The zero-order valence-electron chi connectivity index (χ0n) is 10.5. The summed E-state index contributed by atoms with van der Waals surface area (Å²) in [6.45, 7) is 2.01. The second kappa shape index (κ2) is 6.30.